The molecule has 0 aliphatic heterocycles. The molecule has 0 saturated heterocycles. The molecule has 2 aromatic heterocycles. The Kier molecular flexibility index (Phi) is 2.42. The van der Waals surface area contributed by atoms with Crippen LogP contribution in [-0.2, 0) is 0 Å². The van der Waals surface area contributed by atoms with Gasteiger partial charge in [0.25, 0.3) is 0 Å². The molecular weight excluding hydrogens is 232 g/mol. The van der Waals surface area contributed by atoms with Gasteiger partial charge in [-0.1, -0.05) is 0 Å². The fourth-order valence-electron chi connectivity index (χ4n) is 1.11. The molecule has 0 radical (unpaired) electrons. The third-order valence-corrected chi connectivity index (χ3v) is 1.71. The molecule has 0 unspecified atom stereocenters. The van der Waals surface area contributed by atoms with Crippen LogP contribution in [0.3, 0.4) is 0 Å². The summed E-state index contributed by atoms with van der Waals surface area (Å²) in [6, 6.07) is 2.55. The monoisotopic (exact) mass is 243 g/mol. The molecule has 16 heavy (non-hydrogen) atoms. The van der Waals surface area contributed by atoms with Gasteiger partial charge in [-0.3, -0.25) is 0 Å². The highest BCUT2D eigenvalue weighted by Gasteiger charge is 2.14. The maximum absolute atomic E-state index is 11.1. The summed E-state index contributed by atoms with van der Waals surface area (Å²) in [5.41, 5.74) is -0.573. The Morgan fingerprint density at radius 2 is 2.12 bits per heavy atom. The number of hydrogen-bond acceptors (Lipinski definition) is 4. The molecule has 2 aromatic rings. The van der Waals surface area contributed by atoms with Crippen LogP contribution in [0.15, 0.2) is 24.5 Å². The zero-order chi connectivity index (χ0) is 13.3. The Morgan fingerprint density at radius 1 is 1.44 bits per heavy atom. The minimum absolute atomic E-state index is 0. The number of carbonyl (C=O) groups is 1. The molecule has 0 bridgehead atoms. The molecular formula is C9H9ClN4O2. The van der Waals surface area contributed by atoms with Crippen molar-refractivity contribution in [2.24, 2.45) is 0 Å². The lowest BCUT2D eigenvalue weighted by atomic mass is 10.2. The van der Waals surface area contributed by atoms with E-state index in [4.69, 9.17) is 9.22 Å². The van der Waals surface area contributed by atoms with Gasteiger partial charge in [0.15, 0.2) is 5.69 Å². The van der Waals surface area contributed by atoms with E-state index in [2.05, 4.69) is 15.2 Å². The summed E-state index contributed by atoms with van der Waals surface area (Å²) >= 11 is 0. The molecule has 0 spiro atoms. The van der Waals surface area contributed by atoms with Gasteiger partial charge in [0, 0.05) is 9.81 Å². The van der Waals surface area contributed by atoms with Crippen LogP contribution in [0.1, 0.15) is 20.3 Å². The molecule has 6 nitrogen and oxygen atoms in total. The molecule has 0 aliphatic rings. The number of aromatic nitrogens is 4. The Morgan fingerprint density at radius 3 is 2.69 bits per heavy atom. The van der Waals surface area contributed by atoms with Crippen LogP contribution >= 0.6 is 12.4 Å². The van der Waals surface area contributed by atoms with E-state index in [1.807, 2.05) is 0 Å². The zero-order valence-corrected chi connectivity index (χ0v) is 8.68. The van der Waals surface area contributed by atoms with Crippen molar-refractivity contribution < 1.29 is 14.0 Å². The number of aromatic carboxylic acids is 1. The van der Waals surface area contributed by atoms with Gasteiger partial charge in [-0.15, -0.1) is 17.2 Å². The van der Waals surface area contributed by atoms with Crippen molar-refractivity contribution in [1.29, 1.82) is 0 Å². The fourth-order valence-corrected chi connectivity index (χ4v) is 1.11. The second kappa shape index (κ2) is 4.71. The summed E-state index contributed by atoms with van der Waals surface area (Å²) in [4.78, 5) is 15.8. The van der Waals surface area contributed by atoms with Crippen molar-refractivity contribution in [3.63, 3.8) is 0 Å². The Balaban J connectivity index is 0.00000180. The normalized spacial score (nSPS) is 13.1. The average molecular weight is 244 g/mol. The topological polar surface area (TPSA) is 80.9 Å². The minimum Gasteiger partial charge on any atom is -0.476 e. The van der Waals surface area contributed by atoms with Gasteiger partial charge in [0.2, 0.25) is 0 Å². The van der Waals surface area contributed by atoms with E-state index in [1.165, 1.54) is 24.5 Å². The van der Waals surface area contributed by atoms with Crippen molar-refractivity contribution in [2.75, 3.05) is 0 Å². The number of rotatable bonds is 2. The molecule has 0 amide bonds. The molecule has 0 fully saturated rings. The first-order chi connectivity index (χ1) is 8.39. The first-order valence-electron chi connectivity index (χ1n) is 5.51. The van der Waals surface area contributed by atoms with Crippen LogP contribution in [0.2, 0.25) is 0 Å². The number of carboxylic acid groups (broad SMARTS) is 1. The molecule has 0 aliphatic carbocycles. The van der Waals surface area contributed by atoms with E-state index in [0.717, 1.165) is 4.80 Å². The number of hydrogen-bond donors (Lipinski definition) is 1. The summed E-state index contributed by atoms with van der Waals surface area (Å²) < 4.78 is 21.6. The Labute approximate surface area is 102 Å². The zero-order valence-electron chi connectivity index (χ0n) is 10.9. The van der Waals surface area contributed by atoms with E-state index in [9.17, 15) is 4.79 Å². The van der Waals surface area contributed by atoms with Crippen molar-refractivity contribution >= 4 is 18.4 Å². The average Bonchev–Trinajstić information content (AvgIpc) is 2.80. The predicted octanol–water partition coefficient (Wildman–Crippen LogP) is 1.09. The van der Waals surface area contributed by atoms with Gasteiger partial charge in [0.1, 0.15) is 5.69 Å². The predicted molar refractivity (Wildman–Crippen MR) is 58.1 cm³/mol. The van der Waals surface area contributed by atoms with Gasteiger partial charge in [-0.2, -0.15) is 10.2 Å². The van der Waals surface area contributed by atoms with Crippen LogP contribution in [0, 0.1) is 6.85 Å². The van der Waals surface area contributed by atoms with Crippen molar-refractivity contribution in [3.8, 4) is 5.69 Å². The Bertz CT molecular complexity index is 586. The molecule has 0 aromatic carbocycles. The quantitative estimate of drug-likeness (QED) is 0.854. The van der Waals surface area contributed by atoms with Gasteiger partial charge >= 0.3 is 5.97 Å². The Hall–Kier alpha value is -1.95. The summed E-state index contributed by atoms with van der Waals surface area (Å²) in [6.07, 6.45) is 2.76. The molecule has 0 saturated carbocycles. The second-order valence-corrected chi connectivity index (χ2v) is 2.69. The summed E-state index contributed by atoms with van der Waals surface area (Å²) in [5.74, 6) is -1.34. The van der Waals surface area contributed by atoms with E-state index in [0.29, 0.717) is 0 Å². The molecule has 0 atom stereocenters. The van der Waals surface area contributed by atoms with Crippen molar-refractivity contribution in [1.82, 2.24) is 20.0 Å². The number of aryl methyl sites for hydroxylation is 1. The molecule has 2 rings (SSSR count). The first kappa shape index (κ1) is 8.23. The third-order valence-electron chi connectivity index (χ3n) is 1.71. The van der Waals surface area contributed by atoms with E-state index >= 15 is 0 Å². The van der Waals surface area contributed by atoms with Crippen LogP contribution in [0.25, 0.3) is 5.69 Å². The highest BCUT2D eigenvalue weighted by atomic mass is 35.5. The van der Waals surface area contributed by atoms with Gasteiger partial charge in [-0.05, 0) is 19.0 Å². The number of nitrogens with zero attached hydrogens (tertiary/aromatic N) is 4. The summed E-state index contributed by atoms with van der Waals surface area (Å²) in [5, 5.41) is 16.6. The van der Waals surface area contributed by atoms with Crippen LogP contribution in [0.4, 0.5) is 0 Å². The number of pyridine rings is 1. The molecule has 1 N–H and O–H groups in total. The third kappa shape index (κ3) is 2.17. The second-order valence-electron chi connectivity index (χ2n) is 2.69. The van der Waals surface area contributed by atoms with Gasteiger partial charge in [-0.25, -0.2) is 9.78 Å². The minimum atomic E-state index is -2.46. The summed E-state index contributed by atoms with van der Waals surface area (Å²) in [6.45, 7) is -2.46. The number of halogens is 1. The smallest absolute Gasteiger partial charge is 0.356 e. The lowest BCUT2D eigenvalue weighted by Crippen LogP contribution is -2.10. The van der Waals surface area contributed by atoms with E-state index < -0.39 is 18.5 Å². The van der Waals surface area contributed by atoms with Crippen molar-refractivity contribution in [3.05, 3.63) is 35.9 Å². The lowest BCUT2D eigenvalue weighted by Gasteiger charge is -2.04. The molecule has 2 heterocycles. The summed E-state index contributed by atoms with van der Waals surface area (Å²) in [7, 11) is 0. The molecule has 7 heteroatoms. The maximum Gasteiger partial charge on any atom is 0.356 e. The highest BCUT2D eigenvalue weighted by Crippen LogP contribution is 2.10. The highest BCUT2D eigenvalue weighted by molar-refractivity contribution is 5.89. The van der Waals surface area contributed by atoms with Crippen molar-refractivity contribution in [2.45, 2.75) is 6.85 Å². The van der Waals surface area contributed by atoms with Gasteiger partial charge < -0.3 is 5.11 Å². The number of carboxylic acids is 1. The standard InChI is InChI=1S/C9H8N4O2.ClH/c1-6-2-3-7(8(12-6)9(14)15)13-10-4-5-11-13;/h2-5H,1H3,(H,14,15);1H/i1D3;. The molecule has 84 valence electrons. The van der Waals surface area contributed by atoms with Gasteiger partial charge in [0.05, 0.1) is 12.4 Å². The van der Waals surface area contributed by atoms with Crippen LogP contribution < -0.4 is 0 Å². The fraction of sp³-hybridized carbons (Fsp3) is 0.111. The van der Waals surface area contributed by atoms with E-state index in [1.54, 1.807) is 0 Å². The first-order valence-corrected chi connectivity index (χ1v) is 4.01. The van der Waals surface area contributed by atoms with Crippen LogP contribution in [-0.4, -0.2) is 31.1 Å². The largest absolute Gasteiger partial charge is 0.476 e. The SMILES string of the molecule is Cl.[2H]C([2H])([2H])c1ccc(-n2nccn2)c(C(=O)O)n1. The lowest BCUT2D eigenvalue weighted by molar-refractivity contribution is 0.0690. The maximum atomic E-state index is 11.1. The van der Waals surface area contributed by atoms with E-state index in [-0.39, 0.29) is 23.8 Å². The van der Waals surface area contributed by atoms with Crippen LogP contribution in [0.5, 0.6) is 0 Å².